The molecule has 0 aliphatic carbocycles. The van der Waals surface area contributed by atoms with Gasteiger partial charge in [-0.25, -0.2) is 0 Å². The van der Waals surface area contributed by atoms with Gasteiger partial charge < -0.3 is 9.29 Å². The molecule has 0 radical (unpaired) electrons. The first-order valence-electron chi connectivity index (χ1n) is 5.94. The minimum atomic E-state index is -3.94. The normalized spacial score (nSPS) is 11.3. The zero-order valence-corrected chi connectivity index (χ0v) is 13.1. The molecule has 0 saturated carbocycles. The molecule has 20 heavy (non-hydrogen) atoms. The van der Waals surface area contributed by atoms with Crippen molar-refractivity contribution in [2.45, 2.75) is 18.2 Å². The van der Waals surface area contributed by atoms with Gasteiger partial charge >= 0.3 is 10.1 Å². The van der Waals surface area contributed by atoms with E-state index in [0.29, 0.717) is 10.9 Å². The van der Waals surface area contributed by atoms with Gasteiger partial charge in [0.1, 0.15) is 16.4 Å². The van der Waals surface area contributed by atoms with E-state index in [1.165, 1.54) is 12.1 Å². The van der Waals surface area contributed by atoms with Crippen molar-refractivity contribution in [1.29, 1.82) is 0 Å². The van der Waals surface area contributed by atoms with Crippen LogP contribution in [0.1, 0.15) is 12.5 Å². The van der Waals surface area contributed by atoms with Crippen LogP contribution in [0, 0.1) is 0 Å². The topological polar surface area (TPSA) is 63.6 Å². The fourth-order valence-electron chi connectivity index (χ4n) is 1.71. The molecule has 0 spiro atoms. The zero-order chi connectivity index (χ0) is 14.8. The SMILES string of the molecule is CCc1cc(O)cc(OS(=O)(=O)c2ccccc2Br)c1. The maximum Gasteiger partial charge on any atom is 0.340 e. The Morgan fingerprint density at radius 3 is 2.55 bits per heavy atom. The molecule has 0 fully saturated rings. The van der Waals surface area contributed by atoms with E-state index in [1.807, 2.05) is 6.92 Å². The van der Waals surface area contributed by atoms with Crippen LogP contribution in [0.4, 0.5) is 0 Å². The lowest BCUT2D eigenvalue weighted by atomic mass is 10.1. The first-order chi connectivity index (χ1) is 9.42. The molecular weight excluding hydrogens is 344 g/mol. The summed E-state index contributed by atoms with van der Waals surface area (Å²) >= 11 is 3.18. The van der Waals surface area contributed by atoms with E-state index in [4.69, 9.17) is 4.18 Å². The average molecular weight is 357 g/mol. The number of aryl methyl sites for hydroxylation is 1. The zero-order valence-electron chi connectivity index (χ0n) is 10.7. The van der Waals surface area contributed by atoms with Crippen molar-refractivity contribution in [3.8, 4) is 11.5 Å². The number of halogens is 1. The summed E-state index contributed by atoms with van der Waals surface area (Å²) in [6.45, 7) is 1.90. The van der Waals surface area contributed by atoms with Gasteiger partial charge in [-0.3, -0.25) is 0 Å². The molecule has 0 unspecified atom stereocenters. The van der Waals surface area contributed by atoms with E-state index in [2.05, 4.69) is 15.9 Å². The van der Waals surface area contributed by atoms with Gasteiger partial charge in [0, 0.05) is 10.5 Å². The Morgan fingerprint density at radius 1 is 1.20 bits per heavy atom. The Morgan fingerprint density at radius 2 is 1.90 bits per heavy atom. The predicted molar refractivity (Wildman–Crippen MR) is 79.4 cm³/mol. The molecule has 0 saturated heterocycles. The number of rotatable bonds is 4. The summed E-state index contributed by atoms with van der Waals surface area (Å²) in [5.74, 6) is 0.0688. The second kappa shape index (κ2) is 5.85. The molecule has 0 aromatic heterocycles. The molecular formula is C14H13BrO4S. The smallest absolute Gasteiger partial charge is 0.340 e. The van der Waals surface area contributed by atoms with E-state index in [-0.39, 0.29) is 16.4 Å². The average Bonchev–Trinajstić information content (AvgIpc) is 2.37. The van der Waals surface area contributed by atoms with Gasteiger partial charge in [0.25, 0.3) is 0 Å². The van der Waals surface area contributed by atoms with E-state index in [9.17, 15) is 13.5 Å². The van der Waals surface area contributed by atoms with Gasteiger partial charge in [-0.05, 0) is 52.2 Å². The summed E-state index contributed by atoms with van der Waals surface area (Å²) in [5, 5.41) is 9.56. The number of phenolic OH excluding ortho intramolecular Hbond substituents is 1. The summed E-state index contributed by atoms with van der Waals surface area (Å²) in [6, 6.07) is 10.8. The van der Waals surface area contributed by atoms with Gasteiger partial charge in [-0.15, -0.1) is 0 Å². The van der Waals surface area contributed by atoms with Gasteiger partial charge in [-0.2, -0.15) is 8.42 Å². The van der Waals surface area contributed by atoms with Gasteiger partial charge in [0.05, 0.1) is 0 Å². The van der Waals surface area contributed by atoms with Gasteiger partial charge in [0.15, 0.2) is 0 Å². The molecule has 2 aromatic carbocycles. The van der Waals surface area contributed by atoms with Crippen molar-refractivity contribution >= 4 is 26.0 Å². The fourth-order valence-corrected chi connectivity index (χ4v) is 3.59. The van der Waals surface area contributed by atoms with Crippen molar-refractivity contribution in [2.24, 2.45) is 0 Å². The fraction of sp³-hybridized carbons (Fsp3) is 0.143. The van der Waals surface area contributed by atoms with Crippen molar-refractivity contribution < 1.29 is 17.7 Å². The van der Waals surface area contributed by atoms with Crippen molar-refractivity contribution in [3.05, 3.63) is 52.5 Å². The quantitative estimate of drug-likeness (QED) is 0.851. The molecule has 0 amide bonds. The van der Waals surface area contributed by atoms with Crippen LogP contribution in [0.5, 0.6) is 11.5 Å². The summed E-state index contributed by atoms with van der Waals surface area (Å²) < 4.78 is 29.9. The predicted octanol–water partition coefficient (Wildman–Crippen LogP) is 3.48. The maximum absolute atomic E-state index is 12.2. The monoisotopic (exact) mass is 356 g/mol. The van der Waals surface area contributed by atoms with Crippen LogP contribution in [-0.4, -0.2) is 13.5 Å². The lowest BCUT2D eigenvalue weighted by molar-refractivity contribution is 0.462. The third-order valence-corrected chi connectivity index (χ3v) is 4.93. The molecule has 0 heterocycles. The minimum absolute atomic E-state index is 0.0262. The van der Waals surface area contributed by atoms with E-state index in [0.717, 1.165) is 5.56 Å². The highest BCUT2D eigenvalue weighted by molar-refractivity contribution is 9.10. The standard InChI is InChI=1S/C14H13BrO4S/c1-2-10-7-11(16)9-12(8-10)19-20(17,18)14-6-4-3-5-13(14)15/h3-9,16H,2H2,1H3. The Kier molecular flexibility index (Phi) is 4.35. The van der Waals surface area contributed by atoms with Crippen molar-refractivity contribution in [3.63, 3.8) is 0 Å². The van der Waals surface area contributed by atoms with Crippen LogP contribution in [0.15, 0.2) is 51.8 Å². The van der Waals surface area contributed by atoms with Crippen LogP contribution in [0.25, 0.3) is 0 Å². The highest BCUT2D eigenvalue weighted by Gasteiger charge is 2.20. The number of hydrogen-bond acceptors (Lipinski definition) is 4. The lowest BCUT2D eigenvalue weighted by Crippen LogP contribution is -2.10. The molecule has 2 rings (SSSR count). The van der Waals surface area contributed by atoms with Crippen LogP contribution < -0.4 is 4.18 Å². The lowest BCUT2D eigenvalue weighted by Gasteiger charge is -2.10. The Labute approximate surface area is 126 Å². The van der Waals surface area contributed by atoms with Crippen LogP contribution in [0.3, 0.4) is 0 Å². The summed E-state index contributed by atoms with van der Waals surface area (Å²) in [7, 11) is -3.94. The van der Waals surface area contributed by atoms with Crippen molar-refractivity contribution in [2.75, 3.05) is 0 Å². The van der Waals surface area contributed by atoms with E-state index >= 15 is 0 Å². The summed E-state index contributed by atoms with van der Waals surface area (Å²) in [5.41, 5.74) is 0.794. The van der Waals surface area contributed by atoms with Crippen molar-refractivity contribution in [1.82, 2.24) is 0 Å². The number of benzene rings is 2. The third-order valence-electron chi connectivity index (χ3n) is 2.67. The molecule has 6 heteroatoms. The van der Waals surface area contributed by atoms with Gasteiger partial charge in [0.2, 0.25) is 0 Å². The summed E-state index contributed by atoms with van der Waals surface area (Å²) in [6.07, 6.45) is 0.667. The van der Waals surface area contributed by atoms with E-state index < -0.39 is 10.1 Å². The first-order valence-corrected chi connectivity index (χ1v) is 8.14. The second-order valence-electron chi connectivity index (χ2n) is 4.16. The molecule has 0 aliphatic rings. The molecule has 0 aliphatic heterocycles. The largest absolute Gasteiger partial charge is 0.508 e. The van der Waals surface area contributed by atoms with Gasteiger partial charge in [-0.1, -0.05) is 19.1 Å². The second-order valence-corrected chi connectivity index (χ2v) is 6.53. The maximum atomic E-state index is 12.2. The molecule has 1 N–H and O–H groups in total. The Bertz CT molecular complexity index is 726. The van der Waals surface area contributed by atoms with Crippen LogP contribution in [-0.2, 0) is 16.5 Å². The number of phenols is 1. The number of hydrogen-bond donors (Lipinski definition) is 1. The third kappa shape index (κ3) is 3.32. The minimum Gasteiger partial charge on any atom is -0.508 e. The van der Waals surface area contributed by atoms with Crippen LogP contribution >= 0.6 is 15.9 Å². The molecule has 0 bridgehead atoms. The highest BCUT2D eigenvalue weighted by atomic mass is 79.9. The Hall–Kier alpha value is -1.53. The Balaban J connectivity index is 2.38. The molecule has 106 valence electrons. The van der Waals surface area contributed by atoms with Crippen LogP contribution in [0.2, 0.25) is 0 Å². The molecule has 4 nitrogen and oxygen atoms in total. The molecule has 0 atom stereocenters. The number of aromatic hydroxyl groups is 1. The first kappa shape index (κ1) is 14.9. The highest BCUT2D eigenvalue weighted by Crippen LogP contribution is 2.28. The molecule has 2 aromatic rings. The summed E-state index contributed by atoms with van der Waals surface area (Å²) in [4.78, 5) is 0.0430. The van der Waals surface area contributed by atoms with E-state index in [1.54, 1.807) is 30.3 Å².